The van der Waals surface area contributed by atoms with Gasteiger partial charge in [-0.25, -0.2) is 8.78 Å². The molecule has 0 bridgehead atoms. The van der Waals surface area contributed by atoms with E-state index in [4.69, 9.17) is 16.9 Å². The van der Waals surface area contributed by atoms with Crippen molar-refractivity contribution in [1.82, 2.24) is 9.47 Å². The van der Waals surface area contributed by atoms with E-state index < -0.39 is 5.82 Å². The molecule has 0 radical (unpaired) electrons. The predicted molar refractivity (Wildman–Crippen MR) is 113 cm³/mol. The van der Waals surface area contributed by atoms with Crippen molar-refractivity contribution in [2.75, 3.05) is 13.1 Å². The molecule has 0 spiro atoms. The highest BCUT2D eigenvalue weighted by Crippen LogP contribution is 2.41. The number of aromatic nitrogens is 1. The van der Waals surface area contributed by atoms with Crippen LogP contribution in [0.5, 0.6) is 0 Å². The number of nitriles is 1. The maximum atomic E-state index is 15.0. The monoisotopic (exact) mass is 445 g/mol. The van der Waals surface area contributed by atoms with Gasteiger partial charge in [0.25, 0.3) is 0 Å². The number of halogens is 3. The van der Waals surface area contributed by atoms with Crippen LogP contribution >= 0.6 is 23.4 Å². The summed E-state index contributed by atoms with van der Waals surface area (Å²) in [5, 5.41) is 9.46. The van der Waals surface area contributed by atoms with E-state index in [0.29, 0.717) is 39.5 Å². The molecular formula is C22H18ClF2N3OS. The van der Waals surface area contributed by atoms with Crippen LogP contribution in [0.4, 0.5) is 8.78 Å². The molecule has 1 aromatic heterocycles. The summed E-state index contributed by atoms with van der Waals surface area (Å²) < 4.78 is 31.2. The normalized spacial score (nSPS) is 14.1. The molecule has 1 saturated heterocycles. The minimum atomic E-state index is -0.611. The van der Waals surface area contributed by atoms with Crippen LogP contribution in [0.15, 0.2) is 40.1 Å². The Labute approximate surface area is 182 Å². The van der Waals surface area contributed by atoms with Gasteiger partial charge in [-0.15, -0.1) is 0 Å². The van der Waals surface area contributed by atoms with Crippen LogP contribution in [0.2, 0.25) is 5.02 Å². The molecule has 1 fully saturated rings. The number of likely N-dealkylation sites (tertiary alicyclic amines) is 1. The summed E-state index contributed by atoms with van der Waals surface area (Å²) in [4.78, 5) is 15.4. The summed E-state index contributed by atoms with van der Waals surface area (Å²) in [6.45, 7) is 4.16. The molecule has 8 heteroatoms. The summed E-state index contributed by atoms with van der Waals surface area (Å²) in [5.41, 5.74) is 1.40. The Kier molecular flexibility index (Phi) is 5.48. The fraction of sp³-hybridized carbons (Fsp3) is 0.273. The number of hydrogen-bond acceptors (Lipinski definition) is 3. The van der Waals surface area contributed by atoms with Crippen molar-refractivity contribution < 1.29 is 13.6 Å². The topological polar surface area (TPSA) is 49.0 Å². The Morgan fingerprint density at radius 3 is 2.67 bits per heavy atom. The smallest absolute Gasteiger partial charge is 0.242 e. The molecule has 0 unspecified atom stereocenters. The molecule has 0 aliphatic carbocycles. The van der Waals surface area contributed by atoms with E-state index in [1.54, 1.807) is 47.6 Å². The van der Waals surface area contributed by atoms with E-state index in [2.05, 4.69) is 6.07 Å². The summed E-state index contributed by atoms with van der Waals surface area (Å²) in [7, 11) is 0. The van der Waals surface area contributed by atoms with Gasteiger partial charge < -0.3 is 9.47 Å². The second kappa shape index (κ2) is 7.93. The molecule has 1 aliphatic rings. The average Bonchev–Trinajstić information content (AvgIpc) is 2.93. The lowest BCUT2D eigenvalue weighted by atomic mass is 10.0. The minimum absolute atomic E-state index is 0.0412. The number of fused-ring (bicyclic) bond motifs is 1. The number of carbonyl (C=O) groups is 1. The summed E-state index contributed by atoms with van der Waals surface area (Å²) >= 11 is 7.22. The highest BCUT2D eigenvalue weighted by Gasteiger charge is 2.31. The van der Waals surface area contributed by atoms with E-state index in [1.807, 2.05) is 0 Å². The van der Waals surface area contributed by atoms with Crippen LogP contribution in [-0.2, 0) is 11.3 Å². The lowest BCUT2D eigenvalue weighted by Gasteiger charge is -2.35. The average molecular weight is 446 g/mol. The number of nitrogens with zero attached hydrogens (tertiary/aromatic N) is 3. The molecule has 30 heavy (non-hydrogen) atoms. The van der Waals surface area contributed by atoms with Gasteiger partial charge in [0.1, 0.15) is 12.4 Å². The first-order valence-corrected chi connectivity index (χ1v) is 10.6. The van der Waals surface area contributed by atoms with Crippen molar-refractivity contribution in [1.29, 1.82) is 5.26 Å². The largest absolute Gasteiger partial charge is 0.338 e. The van der Waals surface area contributed by atoms with Gasteiger partial charge in [-0.2, -0.15) is 5.26 Å². The second-order valence-electron chi connectivity index (χ2n) is 7.37. The van der Waals surface area contributed by atoms with Crippen LogP contribution in [0.1, 0.15) is 11.3 Å². The zero-order valence-electron chi connectivity index (χ0n) is 16.4. The van der Waals surface area contributed by atoms with Crippen LogP contribution in [-0.4, -0.2) is 28.5 Å². The van der Waals surface area contributed by atoms with Crippen molar-refractivity contribution in [3.05, 3.63) is 58.2 Å². The van der Waals surface area contributed by atoms with Crippen molar-refractivity contribution in [2.45, 2.75) is 30.2 Å². The highest BCUT2D eigenvalue weighted by molar-refractivity contribution is 7.99. The summed E-state index contributed by atoms with van der Waals surface area (Å²) in [6.07, 6.45) is 0. The van der Waals surface area contributed by atoms with Gasteiger partial charge in [-0.05, 0) is 37.6 Å². The fourth-order valence-corrected chi connectivity index (χ4v) is 4.91. The zero-order chi connectivity index (χ0) is 21.6. The van der Waals surface area contributed by atoms with Crippen LogP contribution in [0.25, 0.3) is 10.9 Å². The van der Waals surface area contributed by atoms with Gasteiger partial charge in [0.05, 0.1) is 22.5 Å². The van der Waals surface area contributed by atoms with E-state index in [-0.39, 0.29) is 34.7 Å². The molecule has 4 rings (SSSR count). The first-order valence-electron chi connectivity index (χ1n) is 9.39. The third-order valence-corrected chi connectivity index (χ3v) is 6.94. The van der Waals surface area contributed by atoms with Crippen molar-refractivity contribution in [3.63, 3.8) is 0 Å². The van der Waals surface area contributed by atoms with E-state index in [9.17, 15) is 13.6 Å². The lowest BCUT2D eigenvalue weighted by Crippen LogP contribution is -2.50. The number of carbonyl (C=O) groups excluding carboxylic acids is 1. The minimum Gasteiger partial charge on any atom is -0.338 e. The SMILES string of the molecule is Cc1cccc(Sc2c(C)n(CC(=O)N3CC(C#N)C3)c3c(F)c(Cl)ccc23)c1F. The number of amides is 1. The van der Waals surface area contributed by atoms with E-state index >= 15 is 0 Å². The molecule has 0 saturated carbocycles. The first kappa shape index (κ1) is 20.7. The number of hydrogen-bond donors (Lipinski definition) is 0. The molecule has 0 atom stereocenters. The Morgan fingerprint density at radius 1 is 1.23 bits per heavy atom. The lowest BCUT2D eigenvalue weighted by molar-refractivity contribution is -0.136. The van der Waals surface area contributed by atoms with Crippen LogP contribution in [0, 0.1) is 42.7 Å². The third-order valence-electron chi connectivity index (χ3n) is 5.40. The van der Waals surface area contributed by atoms with Crippen molar-refractivity contribution in [3.8, 4) is 6.07 Å². The van der Waals surface area contributed by atoms with Gasteiger partial charge in [0.2, 0.25) is 5.91 Å². The summed E-state index contributed by atoms with van der Waals surface area (Å²) in [5.74, 6) is -1.28. The number of benzene rings is 2. The summed E-state index contributed by atoms with van der Waals surface area (Å²) in [6, 6.07) is 10.4. The molecule has 3 aromatic rings. The third kappa shape index (κ3) is 3.44. The van der Waals surface area contributed by atoms with E-state index in [1.165, 1.54) is 17.8 Å². The number of aryl methyl sites for hydroxylation is 1. The second-order valence-corrected chi connectivity index (χ2v) is 8.83. The van der Waals surface area contributed by atoms with Crippen molar-refractivity contribution in [2.24, 2.45) is 5.92 Å². The molecule has 2 aromatic carbocycles. The van der Waals surface area contributed by atoms with Gasteiger partial charge in [-0.3, -0.25) is 4.79 Å². The Morgan fingerprint density at radius 2 is 1.97 bits per heavy atom. The van der Waals surface area contributed by atoms with Gasteiger partial charge in [0, 0.05) is 34.0 Å². The Bertz CT molecular complexity index is 1210. The Hall–Kier alpha value is -2.56. The Balaban J connectivity index is 1.78. The number of rotatable bonds is 4. The van der Waals surface area contributed by atoms with Crippen molar-refractivity contribution >= 4 is 40.2 Å². The maximum Gasteiger partial charge on any atom is 0.242 e. The molecule has 1 amide bonds. The van der Waals surface area contributed by atoms with E-state index in [0.717, 1.165) is 0 Å². The zero-order valence-corrected chi connectivity index (χ0v) is 17.9. The molecule has 4 nitrogen and oxygen atoms in total. The highest BCUT2D eigenvalue weighted by atomic mass is 35.5. The standard InChI is InChI=1S/C22H18ClF2N3OS/c1-12-4-3-5-17(19(12)24)30-22-13(2)28(11-18(29)27-9-14(8-26)10-27)21-15(22)6-7-16(23)20(21)25/h3-7,14H,9-11H2,1-2H3. The maximum absolute atomic E-state index is 15.0. The molecule has 0 N–H and O–H groups in total. The molecule has 154 valence electrons. The van der Waals surface area contributed by atoms with Gasteiger partial charge in [-0.1, -0.05) is 35.5 Å². The van der Waals surface area contributed by atoms with Gasteiger partial charge in [0.15, 0.2) is 5.82 Å². The quantitative estimate of drug-likeness (QED) is 0.546. The van der Waals surface area contributed by atoms with Gasteiger partial charge >= 0.3 is 0 Å². The molecule has 1 aliphatic heterocycles. The van der Waals surface area contributed by atoms with Crippen LogP contribution in [0.3, 0.4) is 0 Å². The molecule has 2 heterocycles. The molecular weight excluding hydrogens is 428 g/mol. The predicted octanol–water partition coefficient (Wildman–Crippen LogP) is 5.32. The fourth-order valence-electron chi connectivity index (χ4n) is 3.61. The van der Waals surface area contributed by atoms with Crippen LogP contribution < -0.4 is 0 Å². The first-order chi connectivity index (χ1) is 14.3.